The van der Waals surface area contributed by atoms with Crippen molar-refractivity contribution in [3.8, 4) is 28.4 Å². The van der Waals surface area contributed by atoms with Gasteiger partial charge >= 0.3 is 5.97 Å². The van der Waals surface area contributed by atoms with E-state index in [1.807, 2.05) is 66.7 Å². The summed E-state index contributed by atoms with van der Waals surface area (Å²) in [7, 11) is 0. The molecule has 0 atom stereocenters. The molecule has 1 heterocycles. The first kappa shape index (κ1) is 24.1. The van der Waals surface area contributed by atoms with Gasteiger partial charge in [0.25, 0.3) is 0 Å². The number of hydrogen-bond acceptors (Lipinski definition) is 5. The summed E-state index contributed by atoms with van der Waals surface area (Å²) < 4.78 is 17.0. The minimum absolute atomic E-state index is 0.00744. The van der Waals surface area contributed by atoms with Crippen molar-refractivity contribution < 1.29 is 18.7 Å². The van der Waals surface area contributed by atoms with Gasteiger partial charge in [-0.05, 0) is 58.5 Å². The molecule has 0 spiro atoms. The maximum absolute atomic E-state index is 13.0. The summed E-state index contributed by atoms with van der Waals surface area (Å²) in [5.41, 5.74) is 3.68. The van der Waals surface area contributed by atoms with Gasteiger partial charge in [0.05, 0.1) is 10.9 Å². The second-order valence-electron chi connectivity index (χ2n) is 9.80. The monoisotopic (exact) mass is 490 g/mol. The molecule has 0 aliphatic heterocycles. The molecule has 0 radical (unpaired) electrons. The molecule has 0 aliphatic rings. The first-order valence-electron chi connectivity index (χ1n) is 12.0. The lowest BCUT2D eigenvalue weighted by atomic mass is 9.87. The zero-order valence-electron chi connectivity index (χ0n) is 20.9. The first-order valence-corrected chi connectivity index (χ1v) is 12.0. The molecule has 0 aliphatic carbocycles. The molecule has 184 valence electrons. The van der Waals surface area contributed by atoms with Crippen LogP contribution in [0.15, 0.2) is 113 Å². The van der Waals surface area contributed by atoms with Gasteiger partial charge in [0.15, 0.2) is 0 Å². The van der Waals surface area contributed by atoms with E-state index < -0.39 is 5.97 Å². The Labute approximate surface area is 214 Å². The third-order valence-electron chi connectivity index (χ3n) is 6.10. The van der Waals surface area contributed by atoms with Crippen LogP contribution < -0.4 is 14.9 Å². The minimum Gasteiger partial charge on any atom is -0.460 e. The molecule has 0 unspecified atom stereocenters. The fraction of sp³-hybridized carbons (Fsp3) is 0.125. The van der Waals surface area contributed by atoms with Crippen LogP contribution in [0.4, 0.5) is 0 Å². The standard InChI is InChI=1S/C32H26O5/c1-32(2,3)24-13-9-23(10-14-24)31(34)37-26-17-18-27-28(19-26)35-20-29(30(27)33)36-25-15-11-22(12-16-25)21-7-5-4-6-8-21/h4-20H,1-3H3. The summed E-state index contributed by atoms with van der Waals surface area (Å²) in [4.78, 5) is 25.6. The second-order valence-corrected chi connectivity index (χ2v) is 9.80. The molecule has 0 bridgehead atoms. The van der Waals surface area contributed by atoms with E-state index in [1.54, 1.807) is 24.3 Å². The Morgan fingerprint density at radius 2 is 1.41 bits per heavy atom. The van der Waals surface area contributed by atoms with Crippen molar-refractivity contribution in [1.29, 1.82) is 0 Å². The lowest BCUT2D eigenvalue weighted by Gasteiger charge is -2.18. The van der Waals surface area contributed by atoms with E-state index in [2.05, 4.69) is 20.8 Å². The van der Waals surface area contributed by atoms with Crippen LogP contribution >= 0.6 is 0 Å². The Balaban J connectivity index is 1.32. The molecule has 1 aromatic heterocycles. The molecule has 5 nitrogen and oxygen atoms in total. The highest BCUT2D eigenvalue weighted by atomic mass is 16.5. The third-order valence-corrected chi connectivity index (χ3v) is 6.10. The minimum atomic E-state index is -0.485. The number of esters is 1. The fourth-order valence-corrected chi connectivity index (χ4v) is 3.97. The van der Waals surface area contributed by atoms with Crippen LogP contribution in [0.2, 0.25) is 0 Å². The van der Waals surface area contributed by atoms with Crippen LogP contribution in [0.5, 0.6) is 17.2 Å². The highest BCUT2D eigenvalue weighted by molar-refractivity contribution is 5.91. The Morgan fingerprint density at radius 1 is 0.757 bits per heavy atom. The molecule has 0 amide bonds. The molecule has 0 saturated heterocycles. The number of carbonyl (C=O) groups excluding carboxylic acids is 1. The van der Waals surface area contributed by atoms with Gasteiger partial charge in [-0.1, -0.05) is 75.4 Å². The molecule has 37 heavy (non-hydrogen) atoms. The summed E-state index contributed by atoms with van der Waals surface area (Å²) in [5.74, 6) is 0.393. The number of benzene rings is 4. The van der Waals surface area contributed by atoms with Crippen molar-refractivity contribution in [2.75, 3.05) is 0 Å². The largest absolute Gasteiger partial charge is 0.460 e. The molecular weight excluding hydrogens is 464 g/mol. The summed E-state index contributed by atoms with van der Waals surface area (Å²) >= 11 is 0. The smallest absolute Gasteiger partial charge is 0.343 e. The zero-order chi connectivity index (χ0) is 26.0. The number of hydrogen-bond donors (Lipinski definition) is 0. The predicted octanol–water partition coefficient (Wildman–Crippen LogP) is 7.77. The van der Waals surface area contributed by atoms with E-state index in [0.29, 0.717) is 22.3 Å². The van der Waals surface area contributed by atoms with E-state index in [-0.39, 0.29) is 22.3 Å². The highest BCUT2D eigenvalue weighted by Crippen LogP contribution is 2.27. The van der Waals surface area contributed by atoms with Crippen molar-refractivity contribution in [3.63, 3.8) is 0 Å². The number of carbonyl (C=O) groups is 1. The van der Waals surface area contributed by atoms with Crippen LogP contribution in [0.1, 0.15) is 36.7 Å². The summed E-state index contributed by atoms with van der Waals surface area (Å²) in [5, 5.41) is 0.327. The van der Waals surface area contributed by atoms with Gasteiger partial charge in [0.1, 0.15) is 23.3 Å². The van der Waals surface area contributed by atoms with Crippen LogP contribution in [0, 0.1) is 0 Å². The van der Waals surface area contributed by atoms with Gasteiger partial charge in [-0.2, -0.15) is 0 Å². The number of rotatable bonds is 5. The second kappa shape index (κ2) is 9.78. The lowest BCUT2D eigenvalue weighted by molar-refractivity contribution is 0.0735. The lowest BCUT2D eigenvalue weighted by Crippen LogP contribution is -2.13. The van der Waals surface area contributed by atoms with E-state index in [1.165, 1.54) is 12.3 Å². The molecular formula is C32H26O5. The van der Waals surface area contributed by atoms with Gasteiger partial charge in [-0.15, -0.1) is 0 Å². The van der Waals surface area contributed by atoms with Crippen molar-refractivity contribution in [2.24, 2.45) is 0 Å². The van der Waals surface area contributed by atoms with Crippen LogP contribution in [-0.4, -0.2) is 5.97 Å². The Bertz CT molecular complexity index is 1610. The van der Waals surface area contributed by atoms with Crippen molar-refractivity contribution >= 4 is 16.9 Å². The highest BCUT2D eigenvalue weighted by Gasteiger charge is 2.16. The fourth-order valence-electron chi connectivity index (χ4n) is 3.97. The van der Waals surface area contributed by atoms with Gasteiger partial charge in [0.2, 0.25) is 11.2 Å². The van der Waals surface area contributed by atoms with Crippen molar-refractivity contribution in [1.82, 2.24) is 0 Å². The Hall–Kier alpha value is -4.64. The SMILES string of the molecule is CC(C)(C)c1ccc(C(=O)Oc2ccc3c(=O)c(Oc4ccc(-c5ccccc5)cc4)coc3c2)cc1. The van der Waals surface area contributed by atoms with E-state index in [4.69, 9.17) is 13.9 Å². The van der Waals surface area contributed by atoms with Gasteiger partial charge in [0, 0.05) is 6.07 Å². The Kier molecular flexibility index (Phi) is 6.36. The maximum Gasteiger partial charge on any atom is 0.343 e. The quantitative estimate of drug-likeness (QED) is 0.186. The van der Waals surface area contributed by atoms with Crippen molar-refractivity contribution in [3.05, 3.63) is 125 Å². The molecule has 5 aromatic rings. The zero-order valence-corrected chi connectivity index (χ0v) is 20.9. The van der Waals surface area contributed by atoms with E-state index in [0.717, 1.165) is 16.7 Å². The first-order chi connectivity index (χ1) is 17.8. The topological polar surface area (TPSA) is 65.7 Å². The predicted molar refractivity (Wildman–Crippen MR) is 145 cm³/mol. The number of fused-ring (bicyclic) bond motifs is 1. The summed E-state index contributed by atoms with van der Waals surface area (Å²) in [6.07, 6.45) is 1.27. The van der Waals surface area contributed by atoms with Crippen molar-refractivity contribution in [2.45, 2.75) is 26.2 Å². The number of ether oxygens (including phenoxy) is 2. The molecule has 0 saturated carbocycles. The average Bonchev–Trinajstić information content (AvgIpc) is 2.91. The third kappa shape index (κ3) is 5.31. The average molecular weight is 491 g/mol. The molecule has 0 fully saturated rings. The normalized spacial score (nSPS) is 11.3. The molecule has 4 aromatic carbocycles. The van der Waals surface area contributed by atoms with Crippen LogP contribution in [0.3, 0.4) is 0 Å². The molecule has 0 N–H and O–H groups in total. The van der Waals surface area contributed by atoms with Gasteiger partial charge in [-0.25, -0.2) is 4.79 Å². The summed E-state index contributed by atoms with van der Waals surface area (Å²) in [6.45, 7) is 6.34. The van der Waals surface area contributed by atoms with E-state index in [9.17, 15) is 9.59 Å². The Morgan fingerprint density at radius 3 is 2.08 bits per heavy atom. The molecule has 5 rings (SSSR count). The van der Waals surface area contributed by atoms with Gasteiger partial charge in [-0.3, -0.25) is 4.79 Å². The van der Waals surface area contributed by atoms with E-state index >= 15 is 0 Å². The maximum atomic E-state index is 13.0. The molecule has 5 heteroatoms. The summed E-state index contributed by atoms with van der Waals surface area (Å²) in [6, 6.07) is 29.5. The van der Waals surface area contributed by atoms with Crippen LogP contribution in [0.25, 0.3) is 22.1 Å². The van der Waals surface area contributed by atoms with Crippen LogP contribution in [-0.2, 0) is 5.41 Å². The van der Waals surface area contributed by atoms with Gasteiger partial charge < -0.3 is 13.9 Å².